The van der Waals surface area contributed by atoms with Crippen LogP contribution in [0.5, 0.6) is 0 Å². The number of benzene rings is 1. The molecule has 94 valence electrons. The van der Waals surface area contributed by atoms with Gasteiger partial charge in [-0.3, -0.25) is 0 Å². The molecule has 0 aliphatic heterocycles. The number of carbonyl (C=O) groups is 1. The molecule has 0 atom stereocenters. The molecule has 0 unspecified atom stereocenters. The molecule has 18 heavy (non-hydrogen) atoms. The third-order valence-corrected chi connectivity index (χ3v) is 2.43. The van der Waals surface area contributed by atoms with Crippen LogP contribution in [0.25, 0.3) is 11.1 Å². The molecule has 0 spiro atoms. The van der Waals surface area contributed by atoms with Crippen LogP contribution in [0, 0.1) is 0 Å². The van der Waals surface area contributed by atoms with Crippen LogP contribution in [0.3, 0.4) is 0 Å². The highest BCUT2D eigenvalue weighted by Gasteiger charge is 2.21. The Bertz CT molecular complexity index is 535. The summed E-state index contributed by atoms with van der Waals surface area (Å²) in [5, 5.41) is 0. The first-order chi connectivity index (χ1) is 8.47. The molecule has 0 aliphatic rings. The number of aromatic amines is 1. The first-order valence-corrected chi connectivity index (χ1v) is 5.93. The molecule has 2 rings (SSSR count). The van der Waals surface area contributed by atoms with Gasteiger partial charge in [0, 0.05) is 11.8 Å². The zero-order chi connectivity index (χ0) is 13.2. The summed E-state index contributed by atoms with van der Waals surface area (Å²) < 4.78 is 5.37. The average Bonchev–Trinajstić information content (AvgIpc) is 2.76. The molecule has 0 saturated carbocycles. The van der Waals surface area contributed by atoms with Crippen molar-refractivity contribution in [2.45, 2.75) is 26.4 Å². The monoisotopic (exact) mass is 243 g/mol. The van der Waals surface area contributed by atoms with Gasteiger partial charge in [0.2, 0.25) is 0 Å². The minimum absolute atomic E-state index is 0.327. The molecule has 2 aromatic rings. The first kappa shape index (κ1) is 12.4. The van der Waals surface area contributed by atoms with Crippen molar-refractivity contribution in [2.24, 2.45) is 0 Å². The number of rotatable bonds is 2. The molecule has 3 heteroatoms. The zero-order valence-electron chi connectivity index (χ0n) is 10.9. The van der Waals surface area contributed by atoms with Crippen molar-refractivity contribution < 1.29 is 9.53 Å². The molecule has 1 aromatic carbocycles. The fourth-order valence-corrected chi connectivity index (χ4v) is 1.73. The van der Waals surface area contributed by atoms with Crippen LogP contribution in [-0.2, 0) is 4.74 Å². The van der Waals surface area contributed by atoms with Gasteiger partial charge < -0.3 is 9.72 Å². The number of hydrogen-bond acceptors (Lipinski definition) is 2. The van der Waals surface area contributed by atoms with Crippen LogP contribution in [0.1, 0.15) is 31.3 Å². The minimum Gasteiger partial charge on any atom is -0.455 e. The molecule has 0 amide bonds. The fourth-order valence-electron chi connectivity index (χ4n) is 1.73. The summed E-state index contributed by atoms with van der Waals surface area (Å²) in [4.78, 5) is 15.0. The highest BCUT2D eigenvalue weighted by atomic mass is 16.6. The molecular formula is C15H17NO2. The van der Waals surface area contributed by atoms with E-state index in [1.165, 1.54) is 0 Å². The fraction of sp³-hybridized carbons (Fsp3) is 0.267. The van der Waals surface area contributed by atoms with E-state index < -0.39 is 5.60 Å². The van der Waals surface area contributed by atoms with Gasteiger partial charge in [-0.05, 0) is 32.4 Å². The van der Waals surface area contributed by atoms with E-state index in [2.05, 4.69) is 4.98 Å². The van der Waals surface area contributed by atoms with E-state index in [1.54, 1.807) is 6.20 Å². The normalized spacial score (nSPS) is 11.3. The summed E-state index contributed by atoms with van der Waals surface area (Å²) in [6.45, 7) is 5.57. The molecule has 0 fully saturated rings. The third-order valence-electron chi connectivity index (χ3n) is 2.43. The van der Waals surface area contributed by atoms with E-state index in [0.29, 0.717) is 5.69 Å². The number of esters is 1. The standard InChI is InChI=1S/C15H17NO2/c1-15(2,3)18-14(17)13-12(9-10-16-13)11-7-5-4-6-8-11/h4-10,16H,1-3H3. The Morgan fingerprint density at radius 3 is 2.39 bits per heavy atom. The molecule has 1 aromatic heterocycles. The smallest absolute Gasteiger partial charge is 0.355 e. The molecule has 0 aliphatic carbocycles. The Balaban J connectivity index is 2.32. The molecular weight excluding hydrogens is 226 g/mol. The SMILES string of the molecule is CC(C)(C)OC(=O)c1[nH]ccc1-c1ccccc1. The Labute approximate surface area is 107 Å². The van der Waals surface area contributed by atoms with Gasteiger partial charge in [-0.15, -0.1) is 0 Å². The predicted molar refractivity (Wildman–Crippen MR) is 71.4 cm³/mol. The van der Waals surface area contributed by atoms with Crippen LogP contribution >= 0.6 is 0 Å². The lowest BCUT2D eigenvalue weighted by atomic mass is 10.1. The van der Waals surface area contributed by atoms with Gasteiger partial charge in [0.15, 0.2) is 0 Å². The lowest BCUT2D eigenvalue weighted by Crippen LogP contribution is -2.24. The van der Waals surface area contributed by atoms with E-state index in [0.717, 1.165) is 11.1 Å². The summed E-state index contributed by atoms with van der Waals surface area (Å²) in [6, 6.07) is 11.7. The Morgan fingerprint density at radius 2 is 1.78 bits per heavy atom. The number of nitrogens with one attached hydrogen (secondary N) is 1. The van der Waals surface area contributed by atoms with Crippen molar-refractivity contribution >= 4 is 5.97 Å². The van der Waals surface area contributed by atoms with Gasteiger partial charge in [0.25, 0.3) is 0 Å². The molecule has 0 saturated heterocycles. The summed E-state index contributed by atoms with van der Waals surface area (Å²) in [5.41, 5.74) is 1.87. The summed E-state index contributed by atoms with van der Waals surface area (Å²) in [6.07, 6.45) is 1.75. The van der Waals surface area contributed by atoms with Crippen molar-refractivity contribution in [1.82, 2.24) is 4.98 Å². The number of H-pyrrole nitrogens is 1. The highest BCUT2D eigenvalue weighted by Crippen LogP contribution is 2.24. The first-order valence-electron chi connectivity index (χ1n) is 5.93. The highest BCUT2D eigenvalue weighted by molar-refractivity contribution is 5.95. The number of ether oxygens (including phenoxy) is 1. The third kappa shape index (κ3) is 2.80. The Kier molecular flexibility index (Phi) is 3.24. The molecule has 3 nitrogen and oxygen atoms in total. The van der Waals surface area contributed by atoms with Gasteiger partial charge in [-0.1, -0.05) is 30.3 Å². The zero-order valence-corrected chi connectivity index (χ0v) is 10.9. The second-order valence-electron chi connectivity index (χ2n) is 5.13. The second-order valence-corrected chi connectivity index (χ2v) is 5.13. The summed E-state index contributed by atoms with van der Waals surface area (Å²) in [7, 11) is 0. The maximum atomic E-state index is 12.1. The van der Waals surface area contributed by atoms with Crippen molar-refractivity contribution in [3.63, 3.8) is 0 Å². The van der Waals surface area contributed by atoms with Gasteiger partial charge >= 0.3 is 5.97 Å². The van der Waals surface area contributed by atoms with Crippen molar-refractivity contribution in [3.8, 4) is 11.1 Å². The van der Waals surface area contributed by atoms with E-state index in [1.807, 2.05) is 57.2 Å². The molecule has 0 bridgehead atoms. The quantitative estimate of drug-likeness (QED) is 0.818. The number of aromatic nitrogens is 1. The van der Waals surface area contributed by atoms with Crippen molar-refractivity contribution in [1.29, 1.82) is 0 Å². The van der Waals surface area contributed by atoms with Crippen molar-refractivity contribution in [2.75, 3.05) is 0 Å². The van der Waals surface area contributed by atoms with Crippen LogP contribution in [0.2, 0.25) is 0 Å². The second kappa shape index (κ2) is 4.69. The van der Waals surface area contributed by atoms with Crippen LogP contribution < -0.4 is 0 Å². The number of carbonyl (C=O) groups excluding carboxylic acids is 1. The molecule has 0 radical (unpaired) electrons. The average molecular weight is 243 g/mol. The van der Waals surface area contributed by atoms with E-state index in [9.17, 15) is 4.79 Å². The largest absolute Gasteiger partial charge is 0.455 e. The van der Waals surface area contributed by atoms with Gasteiger partial charge in [0.1, 0.15) is 11.3 Å². The Morgan fingerprint density at radius 1 is 1.11 bits per heavy atom. The maximum absolute atomic E-state index is 12.1. The van der Waals surface area contributed by atoms with E-state index in [-0.39, 0.29) is 5.97 Å². The summed E-state index contributed by atoms with van der Waals surface area (Å²) in [5.74, 6) is -0.327. The van der Waals surface area contributed by atoms with Gasteiger partial charge in [-0.2, -0.15) is 0 Å². The Hall–Kier alpha value is -2.03. The molecule has 1 heterocycles. The maximum Gasteiger partial charge on any atom is 0.355 e. The van der Waals surface area contributed by atoms with Crippen molar-refractivity contribution in [3.05, 3.63) is 48.3 Å². The number of hydrogen-bond donors (Lipinski definition) is 1. The van der Waals surface area contributed by atoms with Gasteiger partial charge in [0.05, 0.1) is 0 Å². The topological polar surface area (TPSA) is 42.1 Å². The van der Waals surface area contributed by atoms with Crippen LogP contribution in [-0.4, -0.2) is 16.6 Å². The molecule has 1 N–H and O–H groups in total. The predicted octanol–water partition coefficient (Wildman–Crippen LogP) is 3.64. The van der Waals surface area contributed by atoms with Crippen LogP contribution in [0.4, 0.5) is 0 Å². The van der Waals surface area contributed by atoms with Crippen LogP contribution in [0.15, 0.2) is 42.6 Å². The lowest BCUT2D eigenvalue weighted by Gasteiger charge is -2.19. The van der Waals surface area contributed by atoms with E-state index >= 15 is 0 Å². The van der Waals surface area contributed by atoms with Gasteiger partial charge in [-0.25, -0.2) is 4.79 Å². The lowest BCUT2D eigenvalue weighted by molar-refractivity contribution is 0.00646. The summed E-state index contributed by atoms with van der Waals surface area (Å²) >= 11 is 0. The minimum atomic E-state index is -0.490. The van der Waals surface area contributed by atoms with E-state index in [4.69, 9.17) is 4.74 Å².